The normalized spacial score (nSPS) is 11.1. The Labute approximate surface area is 119 Å². The van der Waals surface area contributed by atoms with E-state index in [0.717, 1.165) is 28.3 Å². The average molecular weight is 277 g/mol. The Balaban J connectivity index is 2.04. The molecule has 0 aliphatic carbocycles. The lowest BCUT2D eigenvalue weighted by molar-refractivity contribution is 0.580. The molecule has 0 amide bonds. The Morgan fingerprint density at radius 3 is 2.90 bits per heavy atom. The first kappa shape index (κ1) is 11.8. The molecule has 0 unspecified atom stereocenters. The van der Waals surface area contributed by atoms with Crippen LogP contribution in [0, 0.1) is 6.92 Å². The molecule has 0 saturated heterocycles. The van der Waals surface area contributed by atoms with Crippen LogP contribution < -0.4 is 0 Å². The number of rotatable bonds is 2. The molecule has 0 aliphatic heterocycles. The minimum absolute atomic E-state index is 0.664. The summed E-state index contributed by atoms with van der Waals surface area (Å²) in [6.07, 6.45) is 4.85. The van der Waals surface area contributed by atoms with Crippen molar-refractivity contribution in [3.63, 3.8) is 0 Å². The van der Waals surface area contributed by atoms with Gasteiger partial charge in [-0.2, -0.15) is 0 Å². The SMILES string of the molecule is Cc1nc2nc(-c3ccco3)c(-c3ccncn3)cc2[nH]1. The molecule has 1 N–H and O–H groups in total. The molecule has 0 saturated carbocycles. The van der Waals surface area contributed by atoms with Crippen LogP contribution in [0.4, 0.5) is 0 Å². The molecule has 0 bridgehead atoms. The summed E-state index contributed by atoms with van der Waals surface area (Å²) >= 11 is 0. The van der Waals surface area contributed by atoms with Gasteiger partial charge in [0.05, 0.1) is 17.5 Å². The van der Waals surface area contributed by atoms with Crippen molar-refractivity contribution >= 4 is 11.2 Å². The van der Waals surface area contributed by atoms with Crippen LogP contribution in [-0.4, -0.2) is 24.9 Å². The second-order valence-electron chi connectivity index (χ2n) is 4.65. The van der Waals surface area contributed by atoms with E-state index < -0.39 is 0 Å². The first-order valence-corrected chi connectivity index (χ1v) is 6.49. The molecule has 0 aromatic carbocycles. The Morgan fingerprint density at radius 1 is 1.19 bits per heavy atom. The Hall–Kier alpha value is -3.02. The van der Waals surface area contributed by atoms with Crippen LogP contribution in [0.2, 0.25) is 0 Å². The lowest BCUT2D eigenvalue weighted by atomic mass is 10.1. The lowest BCUT2D eigenvalue weighted by Crippen LogP contribution is -1.92. The summed E-state index contributed by atoms with van der Waals surface area (Å²) < 4.78 is 5.49. The van der Waals surface area contributed by atoms with Crippen LogP contribution in [0.3, 0.4) is 0 Å². The molecule has 4 aromatic heterocycles. The van der Waals surface area contributed by atoms with Crippen LogP contribution in [0.5, 0.6) is 0 Å². The minimum Gasteiger partial charge on any atom is -0.463 e. The highest BCUT2D eigenvalue weighted by molar-refractivity contribution is 5.86. The van der Waals surface area contributed by atoms with Gasteiger partial charge in [0, 0.05) is 11.8 Å². The largest absolute Gasteiger partial charge is 0.463 e. The molecule has 0 radical (unpaired) electrons. The molecular weight excluding hydrogens is 266 g/mol. The van der Waals surface area contributed by atoms with E-state index in [4.69, 9.17) is 4.42 Å². The topological polar surface area (TPSA) is 80.5 Å². The summed E-state index contributed by atoms with van der Waals surface area (Å²) in [4.78, 5) is 20.4. The van der Waals surface area contributed by atoms with E-state index >= 15 is 0 Å². The van der Waals surface area contributed by atoms with Crippen molar-refractivity contribution in [1.82, 2.24) is 24.9 Å². The molecule has 0 aliphatic rings. The Bertz CT molecular complexity index is 897. The van der Waals surface area contributed by atoms with Crippen molar-refractivity contribution in [2.75, 3.05) is 0 Å². The number of hydrogen-bond donors (Lipinski definition) is 1. The zero-order valence-electron chi connectivity index (χ0n) is 11.2. The second-order valence-corrected chi connectivity index (χ2v) is 4.65. The van der Waals surface area contributed by atoms with Crippen LogP contribution in [0.15, 0.2) is 47.5 Å². The fraction of sp³-hybridized carbons (Fsp3) is 0.0667. The van der Waals surface area contributed by atoms with Gasteiger partial charge in [-0.3, -0.25) is 0 Å². The monoisotopic (exact) mass is 277 g/mol. The molecular formula is C15H11N5O. The van der Waals surface area contributed by atoms with Gasteiger partial charge in [0.2, 0.25) is 0 Å². The van der Waals surface area contributed by atoms with Crippen LogP contribution >= 0.6 is 0 Å². The van der Waals surface area contributed by atoms with Crippen molar-refractivity contribution in [3.8, 4) is 22.7 Å². The zero-order chi connectivity index (χ0) is 14.2. The number of nitrogens with one attached hydrogen (secondary N) is 1. The number of fused-ring (bicyclic) bond motifs is 1. The maximum Gasteiger partial charge on any atom is 0.178 e. The van der Waals surface area contributed by atoms with Gasteiger partial charge >= 0.3 is 0 Å². The maximum atomic E-state index is 5.49. The quantitative estimate of drug-likeness (QED) is 0.609. The Kier molecular flexibility index (Phi) is 2.53. The minimum atomic E-state index is 0.664. The van der Waals surface area contributed by atoms with E-state index in [1.165, 1.54) is 6.33 Å². The molecule has 4 aromatic rings. The number of hydrogen-bond acceptors (Lipinski definition) is 5. The number of nitrogens with zero attached hydrogens (tertiary/aromatic N) is 4. The molecule has 6 heteroatoms. The first-order chi connectivity index (χ1) is 10.3. The summed E-state index contributed by atoms with van der Waals surface area (Å²) in [7, 11) is 0. The molecule has 4 rings (SSSR count). The predicted molar refractivity (Wildman–Crippen MR) is 77.4 cm³/mol. The third-order valence-corrected chi connectivity index (χ3v) is 3.20. The Morgan fingerprint density at radius 2 is 2.14 bits per heavy atom. The number of H-pyrrole nitrogens is 1. The fourth-order valence-corrected chi connectivity index (χ4v) is 2.31. The summed E-state index contributed by atoms with van der Waals surface area (Å²) in [5.41, 5.74) is 3.92. The highest BCUT2D eigenvalue weighted by Crippen LogP contribution is 2.31. The summed E-state index contributed by atoms with van der Waals surface area (Å²) in [5, 5.41) is 0. The highest BCUT2D eigenvalue weighted by Gasteiger charge is 2.15. The molecule has 21 heavy (non-hydrogen) atoms. The summed E-state index contributed by atoms with van der Waals surface area (Å²) in [5.74, 6) is 1.51. The van der Waals surface area contributed by atoms with E-state index in [-0.39, 0.29) is 0 Å². The van der Waals surface area contributed by atoms with Gasteiger partial charge in [-0.1, -0.05) is 0 Å². The summed E-state index contributed by atoms with van der Waals surface area (Å²) in [6, 6.07) is 7.54. The lowest BCUT2D eigenvalue weighted by Gasteiger charge is -2.06. The van der Waals surface area contributed by atoms with Crippen molar-refractivity contribution in [2.45, 2.75) is 6.92 Å². The average Bonchev–Trinajstić information content (AvgIpc) is 3.14. The van der Waals surface area contributed by atoms with Gasteiger partial charge in [0.25, 0.3) is 0 Å². The van der Waals surface area contributed by atoms with Crippen LogP contribution in [-0.2, 0) is 0 Å². The van der Waals surface area contributed by atoms with Gasteiger partial charge in [0.15, 0.2) is 11.4 Å². The van der Waals surface area contributed by atoms with E-state index in [1.807, 2.05) is 31.2 Å². The van der Waals surface area contributed by atoms with Crippen molar-refractivity contribution < 1.29 is 4.42 Å². The number of aryl methyl sites for hydroxylation is 1. The van der Waals surface area contributed by atoms with Gasteiger partial charge in [0.1, 0.15) is 17.8 Å². The van der Waals surface area contributed by atoms with E-state index in [1.54, 1.807) is 12.5 Å². The third-order valence-electron chi connectivity index (χ3n) is 3.20. The molecule has 0 spiro atoms. The van der Waals surface area contributed by atoms with Gasteiger partial charge < -0.3 is 9.40 Å². The zero-order valence-corrected chi connectivity index (χ0v) is 11.2. The van der Waals surface area contributed by atoms with Crippen molar-refractivity contribution in [3.05, 3.63) is 48.9 Å². The van der Waals surface area contributed by atoms with E-state index in [9.17, 15) is 0 Å². The van der Waals surface area contributed by atoms with Gasteiger partial charge in [-0.15, -0.1) is 0 Å². The fourth-order valence-electron chi connectivity index (χ4n) is 2.31. The number of aromatic nitrogens is 5. The van der Waals surface area contributed by atoms with E-state index in [2.05, 4.69) is 24.9 Å². The second kappa shape index (κ2) is 4.52. The van der Waals surface area contributed by atoms with Crippen LogP contribution in [0.1, 0.15) is 5.82 Å². The maximum absolute atomic E-state index is 5.49. The van der Waals surface area contributed by atoms with Gasteiger partial charge in [-0.05, 0) is 31.2 Å². The molecule has 102 valence electrons. The third kappa shape index (κ3) is 1.97. The molecule has 0 atom stereocenters. The number of furan rings is 1. The predicted octanol–water partition coefficient (Wildman–Crippen LogP) is 2.98. The van der Waals surface area contributed by atoms with Gasteiger partial charge in [-0.25, -0.2) is 19.9 Å². The van der Waals surface area contributed by atoms with Crippen LogP contribution in [0.25, 0.3) is 33.9 Å². The first-order valence-electron chi connectivity index (χ1n) is 6.49. The van der Waals surface area contributed by atoms with E-state index in [0.29, 0.717) is 11.4 Å². The standard InChI is InChI=1S/C15H11N5O/c1-9-18-12-7-10(11-4-5-16-8-17-11)14(20-15(12)19-9)13-3-2-6-21-13/h2-8H,1H3,(H,18,19,20). The molecule has 6 nitrogen and oxygen atoms in total. The van der Waals surface area contributed by atoms with Crippen molar-refractivity contribution in [1.29, 1.82) is 0 Å². The molecule has 0 fully saturated rings. The highest BCUT2D eigenvalue weighted by atomic mass is 16.3. The molecule has 4 heterocycles. The number of pyridine rings is 1. The summed E-state index contributed by atoms with van der Waals surface area (Å²) in [6.45, 7) is 1.90. The number of imidazole rings is 1. The smallest absolute Gasteiger partial charge is 0.178 e. The number of aromatic amines is 1. The van der Waals surface area contributed by atoms with Crippen molar-refractivity contribution in [2.24, 2.45) is 0 Å².